The van der Waals surface area contributed by atoms with Crippen molar-refractivity contribution in [2.24, 2.45) is 0 Å². The molecular formula is C14H12Br2N2O3. The molecule has 5 nitrogen and oxygen atoms in total. The molecule has 0 aromatic heterocycles. The molecule has 1 N–H and O–H groups in total. The number of nitrogens with zero attached hydrogens (tertiary/aromatic N) is 1. The number of halogens is 2. The molecule has 1 fully saturated rings. The zero-order valence-corrected chi connectivity index (χ0v) is 14.3. The van der Waals surface area contributed by atoms with Crippen molar-refractivity contribution >= 4 is 49.9 Å². The number of benzene rings is 1. The molecule has 1 saturated heterocycles. The number of carbonyl (C=O) groups is 2. The average Bonchev–Trinajstić information content (AvgIpc) is 2.66. The Labute approximate surface area is 138 Å². The molecule has 0 unspecified atom stereocenters. The quantitative estimate of drug-likeness (QED) is 0.466. The minimum absolute atomic E-state index is 0.179. The zero-order valence-electron chi connectivity index (χ0n) is 11.2. The summed E-state index contributed by atoms with van der Waals surface area (Å²) in [6.07, 6.45) is 3.11. The van der Waals surface area contributed by atoms with Gasteiger partial charge in [-0.2, -0.15) is 0 Å². The van der Waals surface area contributed by atoms with Gasteiger partial charge in [0, 0.05) is 6.54 Å². The van der Waals surface area contributed by atoms with Crippen LogP contribution in [0.3, 0.4) is 0 Å². The Bertz CT molecular complexity index is 633. The van der Waals surface area contributed by atoms with Gasteiger partial charge in [0.2, 0.25) is 0 Å². The SMILES string of the molecule is C=CCN1C(=O)N/C(=C/c2cc(Br)c(OC)c(Br)c2)C1=O. The largest absolute Gasteiger partial charge is 0.494 e. The molecule has 0 aliphatic carbocycles. The molecule has 0 radical (unpaired) electrons. The van der Waals surface area contributed by atoms with Gasteiger partial charge >= 0.3 is 6.03 Å². The van der Waals surface area contributed by atoms with E-state index in [1.165, 1.54) is 6.08 Å². The topological polar surface area (TPSA) is 58.6 Å². The predicted octanol–water partition coefficient (Wildman–Crippen LogP) is 3.30. The molecule has 1 aromatic carbocycles. The third-order valence-electron chi connectivity index (χ3n) is 2.81. The molecule has 110 valence electrons. The van der Waals surface area contributed by atoms with Crippen molar-refractivity contribution in [1.82, 2.24) is 10.2 Å². The zero-order chi connectivity index (χ0) is 15.6. The normalized spacial score (nSPS) is 16.3. The van der Waals surface area contributed by atoms with Gasteiger partial charge in [-0.05, 0) is 55.6 Å². The summed E-state index contributed by atoms with van der Waals surface area (Å²) in [5, 5.41) is 2.54. The highest BCUT2D eigenvalue weighted by Gasteiger charge is 2.32. The van der Waals surface area contributed by atoms with Crippen LogP contribution in [0.4, 0.5) is 4.79 Å². The second-order valence-electron chi connectivity index (χ2n) is 4.21. The van der Waals surface area contributed by atoms with Gasteiger partial charge in [0.25, 0.3) is 5.91 Å². The van der Waals surface area contributed by atoms with Crippen LogP contribution in [0.5, 0.6) is 5.75 Å². The van der Waals surface area contributed by atoms with Crippen LogP contribution in [-0.2, 0) is 4.79 Å². The van der Waals surface area contributed by atoms with E-state index in [0.29, 0.717) is 5.75 Å². The average molecular weight is 416 g/mol. The lowest BCUT2D eigenvalue weighted by atomic mass is 10.2. The number of methoxy groups -OCH3 is 1. The standard InChI is InChI=1S/C14H12Br2N2O3/c1-3-4-18-13(19)11(17-14(18)20)7-8-5-9(15)12(21-2)10(16)6-8/h3,5-7H,1,4H2,2H3,(H,17,20)/b11-7+. The van der Waals surface area contributed by atoms with Crippen LogP contribution in [-0.4, -0.2) is 30.5 Å². The van der Waals surface area contributed by atoms with Crippen molar-refractivity contribution < 1.29 is 14.3 Å². The van der Waals surface area contributed by atoms with Gasteiger partial charge in [-0.25, -0.2) is 4.79 Å². The van der Waals surface area contributed by atoms with Crippen molar-refractivity contribution in [1.29, 1.82) is 0 Å². The summed E-state index contributed by atoms with van der Waals surface area (Å²) in [6, 6.07) is 3.15. The highest BCUT2D eigenvalue weighted by atomic mass is 79.9. The lowest BCUT2D eigenvalue weighted by Crippen LogP contribution is -2.30. The smallest absolute Gasteiger partial charge is 0.329 e. The van der Waals surface area contributed by atoms with E-state index in [1.807, 2.05) is 0 Å². The Morgan fingerprint density at radius 1 is 1.33 bits per heavy atom. The minimum Gasteiger partial charge on any atom is -0.494 e. The van der Waals surface area contributed by atoms with E-state index in [4.69, 9.17) is 4.74 Å². The highest BCUT2D eigenvalue weighted by Crippen LogP contribution is 2.35. The number of imide groups is 1. The van der Waals surface area contributed by atoms with E-state index in [-0.39, 0.29) is 18.1 Å². The first kappa shape index (κ1) is 15.8. The third-order valence-corrected chi connectivity index (χ3v) is 3.99. The summed E-state index contributed by atoms with van der Waals surface area (Å²) >= 11 is 6.78. The maximum Gasteiger partial charge on any atom is 0.329 e. The van der Waals surface area contributed by atoms with Crippen LogP contribution < -0.4 is 10.1 Å². The Kier molecular flexibility index (Phi) is 4.84. The van der Waals surface area contributed by atoms with Crippen LogP contribution in [0, 0.1) is 0 Å². The summed E-state index contributed by atoms with van der Waals surface area (Å²) in [7, 11) is 1.57. The van der Waals surface area contributed by atoms with Crippen LogP contribution in [0.2, 0.25) is 0 Å². The molecule has 7 heteroatoms. The van der Waals surface area contributed by atoms with Crippen molar-refractivity contribution in [3.63, 3.8) is 0 Å². The van der Waals surface area contributed by atoms with Crippen LogP contribution in [0.25, 0.3) is 6.08 Å². The molecule has 21 heavy (non-hydrogen) atoms. The number of carbonyl (C=O) groups excluding carboxylic acids is 2. The maximum atomic E-state index is 12.1. The van der Waals surface area contributed by atoms with Gasteiger partial charge < -0.3 is 10.1 Å². The number of urea groups is 1. The Morgan fingerprint density at radius 3 is 2.48 bits per heavy atom. The fourth-order valence-electron chi connectivity index (χ4n) is 1.89. The van der Waals surface area contributed by atoms with Gasteiger partial charge in [-0.3, -0.25) is 9.69 Å². The fraction of sp³-hybridized carbons (Fsp3) is 0.143. The number of nitrogens with one attached hydrogen (secondary N) is 1. The van der Waals surface area contributed by atoms with Crippen LogP contribution >= 0.6 is 31.9 Å². The van der Waals surface area contributed by atoms with E-state index in [1.54, 1.807) is 25.3 Å². The summed E-state index contributed by atoms with van der Waals surface area (Å²) in [5.41, 5.74) is 0.976. The first-order chi connectivity index (χ1) is 9.97. The lowest BCUT2D eigenvalue weighted by molar-refractivity contribution is -0.122. The molecule has 0 saturated carbocycles. The molecule has 0 atom stereocenters. The number of hydrogen-bond donors (Lipinski definition) is 1. The third kappa shape index (κ3) is 3.19. The molecule has 3 amide bonds. The van der Waals surface area contributed by atoms with Gasteiger partial charge in [-0.1, -0.05) is 6.08 Å². The summed E-state index contributed by atoms with van der Waals surface area (Å²) in [5.74, 6) is 0.287. The predicted molar refractivity (Wildman–Crippen MR) is 86.8 cm³/mol. The van der Waals surface area contributed by atoms with E-state index in [0.717, 1.165) is 19.4 Å². The van der Waals surface area contributed by atoms with Gasteiger partial charge in [0.15, 0.2) is 0 Å². The van der Waals surface area contributed by atoms with Gasteiger partial charge in [0.05, 0.1) is 16.1 Å². The lowest BCUT2D eigenvalue weighted by Gasteiger charge is -2.08. The monoisotopic (exact) mass is 414 g/mol. The van der Waals surface area contributed by atoms with Crippen LogP contribution in [0.1, 0.15) is 5.56 Å². The first-order valence-electron chi connectivity index (χ1n) is 5.96. The Balaban J connectivity index is 2.35. The van der Waals surface area contributed by atoms with Gasteiger partial charge in [-0.15, -0.1) is 6.58 Å². The van der Waals surface area contributed by atoms with Crippen molar-refractivity contribution in [3.05, 3.63) is 45.0 Å². The molecule has 1 heterocycles. The molecule has 1 aliphatic rings. The van der Waals surface area contributed by atoms with E-state index < -0.39 is 6.03 Å². The van der Waals surface area contributed by atoms with Gasteiger partial charge in [0.1, 0.15) is 11.4 Å². The molecular weight excluding hydrogens is 404 g/mol. The number of hydrogen-bond acceptors (Lipinski definition) is 3. The second-order valence-corrected chi connectivity index (χ2v) is 5.92. The van der Waals surface area contributed by atoms with E-state index >= 15 is 0 Å². The van der Waals surface area contributed by atoms with Crippen LogP contribution in [0.15, 0.2) is 39.4 Å². The first-order valence-corrected chi connectivity index (χ1v) is 7.55. The second kappa shape index (κ2) is 6.44. The molecule has 1 aliphatic heterocycles. The molecule has 0 bridgehead atoms. The van der Waals surface area contributed by atoms with Crippen molar-refractivity contribution in [3.8, 4) is 5.75 Å². The maximum absolute atomic E-state index is 12.1. The van der Waals surface area contributed by atoms with E-state index in [9.17, 15) is 9.59 Å². The van der Waals surface area contributed by atoms with Crippen molar-refractivity contribution in [2.75, 3.05) is 13.7 Å². The molecule has 1 aromatic rings. The summed E-state index contributed by atoms with van der Waals surface area (Å²) in [4.78, 5) is 24.8. The summed E-state index contributed by atoms with van der Waals surface area (Å²) in [6.45, 7) is 3.70. The summed E-state index contributed by atoms with van der Waals surface area (Å²) < 4.78 is 6.70. The highest BCUT2D eigenvalue weighted by molar-refractivity contribution is 9.11. The molecule has 2 rings (SSSR count). The number of rotatable bonds is 4. The fourth-order valence-corrected chi connectivity index (χ4v) is 3.44. The van der Waals surface area contributed by atoms with E-state index in [2.05, 4.69) is 43.8 Å². The van der Waals surface area contributed by atoms with Crippen molar-refractivity contribution in [2.45, 2.75) is 0 Å². The number of ether oxygens (including phenoxy) is 1. The Morgan fingerprint density at radius 2 is 1.95 bits per heavy atom. The number of amides is 3. The Hall–Kier alpha value is -1.60. The molecule has 0 spiro atoms. The minimum atomic E-state index is -0.446.